The number of rotatable bonds is 14. The number of hydrogen-bond donors (Lipinski definition) is 4. The van der Waals surface area contributed by atoms with Crippen LogP contribution in [0.1, 0.15) is 33.0 Å². The van der Waals surface area contributed by atoms with Crippen LogP contribution in [0.3, 0.4) is 0 Å². The predicted molar refractivity (Wildman–Crippen MR) is 168 cm³/mol. The lowest BCUT2D eigenvalue weighted by Crippen LogP contribution is -2.45. The van der Waals surface area contributed by atoms with E-state index in [4.69, 9.17) is 20.9 Å². The normalized spacial score (nSPS) is 13.8. The fourth-order valence-electron chi connectivity index (χ4n) is 4.20. The summed E-state index contributed by atoms with van der Waals surface area (Å²) in [6.07, 6.45) is -0.766. The van der Waals surface area contributed by atoms with Crippen molar-refractivity contribution in [2.75, 3.05) is 0 Å². The SMILES string of the molecule is NC(OC(=O)/C=C\C(=O)OC(N)C(=O)NC(Cc1ccccc1)c1cccs1)C(=O)NC(Cc1ccccc1)c1cccs1. The van der Waals surface area contributed by atoms with Crippen LogP contribution in [0.2, 0.25) is 0 Å². The number of esters is 2. The first-order valence-electron chi connectivity index (χ1n) is 13.6. The standard InChI is InChI=1S/C32H32N4O6S2/c33-29(31(39)35-23(25-13-7-17-43-25)19-21-9-3-1-4-10-21)41-27(37)15-16-28(38)42-30(34)32(40)36-24(26-14-8-18-44-26)20-22-11-5-2-6-12-22/h1-18,23-24,29-30H,19-20,33-34H2,(H,35,39)(H,36,40)/b16-15-. The van der Waals surface area contributed by atoms with Crippen molar-refractivity contribution in [3.05, 3.63) is 129 Å². The van der Waals surface area contributed by atoms with Crippen LogP contribution >= 0.6 is 22.7 Å². The molecule has 44 heavy (non-hydrogen) atoms. The maximum Gasteiger partial charge on any atom is 0.333 e. The summed E-state index contributed by atoms with van der Waals surface area (Å²) < 4.78 is 9.92. The van der Waals surface area contributed by atoms with Crippen LogP contribution in [-0.4, -0.2) is 36.2 Å². The van der Waals surface area contributed by atoms with Gasteiger partial charge >= 0.3 is 11.9 Å². The molecule has 0 aliphatic rings. The van der Waals surface area contributed by atoms with Gasteiger partial charge in [0.25, 0.3) is 11.8 Å². The Bertz CT molecular complexity index is 1410. The molecule has 0 aliphatic heterocycles. The lowest BCUT2D eigenvalue weighted by atomic mass is 10.0. The van der Waals surface area contributed by atoms with Crippen molar-refractivity contribution >= 4 is 46.4 Å². The number of carbonyl (C=O) groups is 4. The molecule has 0 saturated carbocycles. The Morgan fingerprint density at radius 2 is 1.00 bits per heavy atom. The second-order valence-electron chi connectivity index (χ2n) is 9.58. The van der Waals surface area contributed by atoms with Crippen LogP contribution in [0.15, 0.2) is 108 Å². The molecule has 0 bridgehead atoms. The van der Waals surface area contributed by atoms with Gasteiger partial charge in [0.1, 0.15) is 0 Å². The van der Waals surface area contributed by atoms with E-state index in [-0.39, 0.29) is 12.1 Å². The lowest BCUT2D eigenvalue weighted by Gasteiger charge is -2.20. The molecule has 4 rings (SSSR count). The summed E-state index contributed by atoms with van der Waals surface area (Å²) in [4.78, 5) is 51.8. The third-order valence-corrected chi connectivity index (χ3v) is 8.30. The minimum absolute atomic E-state index is 0.389. The molecular formula is C32H32N4O6S2. The smallest absolute Gasteiger partial charge is 0.333 e. The zero-order valence-electron chi connectivity index (χ0n) is 23.5. The van der Waals surface area contributed by atoms with Crippen molar-refractivity contribution in [1.82, 2.24) is 10.6 Å². The number of thiophene rings is 2. The first-order valence-corrected chi connectivity index (χ1v) is 15.4. The number of carbonyl (C=O) groups excluding carboxylic acids is 4. The number of hydrogen-bond acceptors (Lipinski definition) is 10. The highest BCUT2D eigenvalue weighted by molar-refractivity contribution is 7.10. The van der Waals surface area contributed by atoms with E-state index in [1.165, 1.54) is 22.7 Å². The maximum atomic E-state index is 12.7. The monoisotopic (exact) mass is 632 g/mol. The molecule has 2 heterocycles. The molecule has 0 fully saturated rings. The predicted octanol–water partition coefficient (Wildman–Crippen LogP) is 3.52. The van der Waals surface area contributed by atoms with E-state index in [1.807, 2.05) is 95.7 Å². The maximum absolute atomic E-state index is 12.7. The van der Waals surface area contributed by atoms with Crippen molar-refractivity contribution < 1.29 is 28.7 Å². The minimum atomic E-state index is -1.63. The molecule has 4 aromatic rings. The third-order valence-electron chi connectivity index (χ3n) is 6.33. The third kappa shape index (κ3) is 9.99. The van der Waals surface area contributed by atoms with E-state index in [2.05, 4.69) is 10.6 Å². The molecule has 0 spiro atoms. The number of amides is 2. The first-order chi connectivity index (χ1) is 21.3. The summed E-state index contributed by atoms with van der Waals surface area (Å²) in [6, 6.07) is 25.9. The van der Waals surface area contributed by atoms with Gasteiger partial charge in [-0.2, -0.15) is 0 Å². The molecule has 10 nitrogen and oxygen atoms in total. The van der Waals surface area contributed by atoms with Gasteiger partial charge in [-0.25, -0.2) is 9.59 Å². The number of nitrogens with one attached hydrogen (secondary N) is 2. The Labute approximate surface area is 262 Å². The molecule has 228 valence electrons. The number of benzene rings is 2. The quantitative estimate of drug-likeness (QED) is 0.0932. The van der Waals surface area contributed by atoms with Crippen LogP contribution in [-0.2, 0) is 41.5 Å². The molecule has 12 heteroatoms. The van der Waals surface area contributed by atoms with Gasteiger partial charge in [-0.15, -0.1) is 22.7 Å². The molecule has 4 unspecified atom stereocenters. The molecule has 6 N–H and O–H groups in total. The van der Waals surface area contributed by atoms with E-state index in [9.17, 15) is 19.2 Å². The molecule has 4 atom stereocenters. The summed E-state index contributed by atoms with van der Waals surface area (Å²) in [5, 5.41) is 9.41. The van der Waals surface area contributed by atoms with E-state index >= 15 is 0 Å². The Morgan fingerprint density at radius 1 is 0.614 bits per heavy atom. The second kappa shape index (κ2) is 16.3. The highest BCUT2D eigenvalue weighted by Crippen LogP contribution is 2.24. The zero-order valence-corrected chi connectivity index (χ0v) is 25.2. The van der Waals surface area contributed by atoms with E-state index in [0.29, 0.717) is 12.8 Å². The topological polar surface area (TPSA) is 163 Å². The Balaban J connectivity index is 1.26. The average Bonchev–Trinajstić information content (AvgIpc) is 3.76. The van der Waals surface area contributed by atoms with Gasteiger partial charge in [0.2, 0.25) is 12.5 Å². The first kappa shape index (κ1) is 32.3. The van der Waals surface area contributed by atoms with Crippen LogP contribution in [0.25, 0.3) is 0 Å². The van der Waals surface area contributed by atoms with Crippen LogP contribution < -0.4 is 22.1 Å². The van der Waals surface area contributed by atoms with Crippen molar-refractivity contribution in [1.29, 1.82) is 0 Å². The average molecular weight is 633 g/mol. The highest BCUT2D eigenvalue weighted by Gasteiger charge is 2.25. The summed E-state index contributed by atoms with van der Waals surface area (Å²) in [7, 11) is 0. The van der Waals surface area contributed by atoms with Gasteiger partial charge in [-0.3, -0.25) is 21.1 Å². The second-order valence-corrected chi connectivity index (χ2v) is 11.5. The molecule has 0 aliphatic carbocycles. The molecule has 2 amide bonds. The van der Waals surface area contributed by atoms with Gasteiger partial charge in [0.15, 0.2) is 0 Å². The Morgan fingerprint density at radius 3 is 1.34 bits per heavy atom. The van der Waals surface area contributed by atoms with Crippen molar-refractivity contribution in [3.63, 3.8) is 0 Å². The number of nitrogens with two attached hydrogens (primary N) is 2. The van der Waals surface area contributed by atoms with Crippen molar-refractivity contribution in [3.8, 4) is 0 Å². The van der Waals surface area contributed by atoms with Crippen LogP contribution in [0.5, 0.6) is 0 Å². The van der Waals surface area contributed by atoms with E-state index in [1.54, 1.807) is 0 Å². The van der Waals surface area contributed by atoms with Gasteiger partial charge in [-0.05, 0) is 46.9 Å². The summed E-state index contributed by atoms with van der Waals surface area (Å²) in [6.45, 7) is 0. The van der Waals surface area contributed by atoms with Crippen molar-refractivity contribution in [2.45, 2.75) is 37.4 Å². The summed E-state index contributed by atoms with van der Waals surface area (Å²) >= 11 is 2.95. The van der Waals surface area contributed by atoms with Gasteiger partial charge in [0, 0.05) is 21.9 Å². The summed E-state index contributed by atoms with van der Waals surface area (Å²) in [5.41, 5.74) is 13.6. The fourth-order valence-corrected chi connectivity index (χ4v) is 5.76. The van der Waals surface area contributed by atoms with Crippen LogP contribution in [0, 0.1) is 0 Å². The molecule has 0 saturated heterocycles. The molecule has 2 aromatic heterocycles. The number of ether oxygens (including phenoxy) is 2. The molecular weight excluding hydrogens is 601 g/mol. The summed E-state index contributed by atoms with van der Waals surface area (Å²) in [5.74, 6) is -3.53. The van der Waals surface area contributed by atoms with Gasteiger partial charge < -0.3 is 20.1 Å². The Kier molecular flexibility index (Phi) is 12.0. The minimum Gasteiger partial charge on any atom is -0.434 e. The van der Waals surface area contributed by atoms with Gasteiger partial charge in [-0.1, -0.05) is 72.8 Å². The molecule has 2 aromatic carbocycles. The van der Waals surface area contributed by atoms with Gasteiger partial charge in [0.05, 0.1) is 12.1 Å². The zero-order chi connectivity index (χ0) is 31.3. The van der Waals surface area contributed by atoms with E-state index < -0.39 is 36.2 Å². The van der Waals surface area contributed by atoms with Crippen molar-refractivity contribution in [2.24, 2.45) is 11.5 Å². The largest absolute Gasteiger partial charge is 0.434 e. The lowest BCUT2D eigenvalue weighted by molar-refractivity contribution is -0.152. The van der Waals surface area contributed by atoms with E-state index in [0.717, 1.165) is 33.0 Å². The van der Waals surface area contributed by atoms with Crippen LogP contribution in [0.4, 0.5) is 0 Å². The highest BCUT2D eigenvalue weighted by atomic mass is 32.1. The fraction of sp³-hybridized carbons (Fsp3) is 0.188. The molecule has 0 radical (unpaired) electrons. The Hall–Kier alpha value is -4.62.